The minimum Gasteiger partial charge on any atom is -0.445 e. The number of fused-ring (bicyclic) bond motifs is 1. The van der Waals surface area contributed by atoms with Crippen molar-refractivity contribution in [3.63, 3.8) is 0 Å². The standard InChI is InChI=1S/C23H29N5O8S2/c1-5-6-12(13-9-38-21(24)26-13)16(29)27-14-17(30)28-15(11(7-34-22(25)33)8-37-18(14)28)19(31)35-10-36-20(32)23(2,3)4/h6,9,14,18H,5,7-8,10H2,1-4H3,(H2,24,26)(H2,25,33)(H,27,29). The number of primary amides is 1. The number of aromatic nitrogens is 1. The van der Waals surface area contributed by atoms with Gasteiger partial charge in [0.1, 0.15) is 23.7 Å². The molecule has 15 heteroatoms. The maximum absolute atomic E-state index is 13.1. The van der Waals surface area contributed by atoms with E-state index in [2.05, 4.69) is 10.3 Å². The molecule has 13 nitrogen and oxygen atoms in total. The van der Waals surface area contributed by atoms with Crippen LogP contribution in [0.15, 0.2) is 22.7 Å². The van der Waals surface area contributed by atoms with Gasteiger partial charge in [0.25, 0.3) is 11.8 Å². The molecule has 5 N–H and O–H groups in total. The number of carbonyl (C=O) groups is 5. The third-order valence-corrected chi connectivity index (χ3v) is 7.37. The van der Waals surface area contributed by atoms with Gasteiger partial charge in [0.2, 0.25) is 6.79 Å². The molecule has 2 aliphatic heterocycles. The lowest BCUT2D eigenvalue weighted by Gasteiger charge is -2.49. The van der Waals surface area contributed by atoms with Gasteiger partial charge in [0.05, 0.1) is 16.7 Å². The Morgan fingerprint density at radius 1 is 1.24 bits per heavy atom. The summed E-state index contributed by atoms with van der Waals surface area (Å²) in [4.78, 5) is 67.6. The molecule has 2 unspecified atom stereocenters. The number of hydrogen-bond donors (Lipinski definition) is 3. The summed E-state index contributed by atoms with van der Waals surface area (Å²) in [5.41, 5.74) is 10.7. The van der Waals surface area contributed by atoms with E-state index in [9.17, 15) is 24.0 Å². The number of thiazole rings is 1. The Balaban J connectivity index is 1.77. The number of thioether (sulfide) groups is 1. The first-order valence-corrected chi connectivity index (χ1v) is 13.4. The lowest BCUT2D eigenvalue weighted by Crippen LogP contribution is -2.70. The van der Waals surface area contributed by atoms with E-state index in [4.69, 9.17) is 25.7 Å². The van der Waals surface area contributed by atoms with Crippen LogP contribution in [0.25, 0.3) is 5.57 Å². The number of β-lactam (4-membered cyclic amide) rings is 1. The summed E-state index contributed by atoms with van der Waals surface area (Å²) in [6.45, 7) is 5.74. The molecule has 1 fully saturated rings. The number of nitrogen functional groups attached to an aromatic ring is 1. The Kier molecular flexibility index (Phi) is 9.04. The molecule has 3 rings (SSSR count). The number of carbonyl (C=O) groups excluding carboxylic acids is 5. The lowest BCUT2D eigenvalue weighted by molar-refractivity contribution is -0.173. The Morgan fingerprint density at radius 3 is 2.53 bits per heavy atom. The zero-order chi connectivity index (χ0) is 28.2. The fraction of sp³-hybridized carbons (Fsp3) is 0.478. The SMILES string of the molecule is CCC=C(C(=O)NC1C(=O)N2C(C(=O)OCOC(=O)C(C)(C)C)=C(COC(N)=O)CSC12)c1csc(N)n1. The van der Waals surface area contributed by atoms with E-state index in [1.807, 2.05) is 6.92 Å². The molecule has 0 spiro atoms. The maximum atomic E-state index is 13.1. The van der Waals surface area contributed by atoms with E-state index >= 15 is 0 Å². The Morgan fingerprint density at radius 2 is 1.95 bits per heavy atom. The predicted octanol–water partition coefficient (Wildman–Crippen LogP) is 1.36. The zero-order valence-corrected chi connectivity index (χ0v) is 22.9. The third kappa shape index (κ3) is 6.45. The molecule has 1 saturated heterocycles. The van der Waals surface area contributed by atoms with Crippen LogP contribution < -0.4 is 16.8 Å². The van der Waals surface area contributed by atoms with Crippen molar-refractivity contribution in [3.8, 4) is 0 Å². The van der Waals surface area contributed by atoms with Crippen LogP contribution in [0.2, 0.25) is 0 Å². The predicted molar refractivity (Wildman–Crippen MR) is 139 cm³/mol. The molecule has 1 aromatic rings. The van der Waals surface area contributed by atoms with Crippen LogP contribution in [0.4, 0.5) is 9.93 Å². The second-order valence-corrected chi connectivity index (χ2v) is 11.2. The van der Waals surface area contributed by atoms with Crippen molar-refractivity contribution < 1.29 is 38.2 Å². The molecule has 2 atom stereocenters. The molecule has 38 heavy (non-hydrogen) atoms. The number of ether oxygens (including phenoxy) is 3. The Labute approximate surface area is 226 Å². The first kappa shape index (κ1) is 29.0. The molecule has 0 aromatic carbocycles. The van der Waals surface area contributed by atoms with Crippen molar-refractivity contribution in [2.45, 2.75) is 45.5 Å². The van der Waals surface area contributed by atoms with Crippen LogP contribution in [-0.4, -0.2) is 70.3 Å². The summed E-state index contributed by atoms with van der Waals surface area (Å²) in [6.07, 6.45) is 1.17. The number of amides is 3. The molecule has 0 saturated carbocycles. The van der Waals surface area contributed by atoms with Crippen molar-refractivity contribution >= 4 is 63.6 Å². The first-order chi connectivity index (χ1) is 17.8. The minimum atomic E-state index is -1.06. The van der Waals surface area contributed by atoms with Crippen molar-refractivity contribution in [3.05, 3.63) is 28.4 Å². The molecular formula is C23H29N5O8S2. The van der Waals surface area contributed by atoms with E-state index in [1.165, 1.54) is 23.1 Å². The van der Waals surface area contributed by atoms with Gasteiger partial charge in [-0.3, -0.25) is 19.3 Å². The summed E-state index contributed by atoms with van der Waals surface area (Å²) in [5, 5.41) is 4.03. The third-order valence-electron chi connectivity index (χ3n) is 5.36. The summed E-state index contributed by atoms with van der Waals surface area (Å²) < 4.78 is 14.9. The van der Waals surface area contributed by atoms with Crippen LogP contribution in [0.3, 0.4) is 0 Å². The van der Waals surface area contributed by atoms with Gasteiger partial charge >= 0.3 is 18.0 Å². The highest BCUT2D eigenvalue weighted by molar-refractivity contribution is 8.00. The summed E-state index contributed by atoms with van der Waals surface area (Å²) >= 11 is 2.45. The second-order valence-electron chi connectivity index (χ2n) is 9.25. The van der Waals surface area contributed by atoms with Crippen LogP contribution in [0, 0.1) is 5.41 Å². The lowest BCUT2D eigenvalue weighted by atomic mass is 9.98. The van der Waals surface area contributed by atoms with Gasteiger partial charge in [-0.25, -0.2) is 14.6 Å². The normalized spacial score (nSPS) is 19.3. The zero-order valence-electron chi connectivity index (χ0n) is 21.3. The van der Waals surface area contributed by atoms with Gasteiger partial charge in [-0.1, -0.05) is 13.0 Å². The van der Waals surface area contributed by atoms with E-state index < -0.39 is 53.5 Å². The van der Waals surface area contributed by atoms with Crippen molar-refractivity contribution in [2.75, 3.05) is 24.9 Å². The van der Waals surface area contributed by atoms with E-state index in [0.717, 1.165) is 4.90 Å². The number of esters is 2. The molecule has 0 bridgehead atoms. The molecule has 2 aliphatic rings. The monoisotopic (exact) mass is 567 g/mol. The maximum Gasteiger partial charge on any atom is 0.404 e. The smallest absolute Gasteiger partial charge is 0.404 e. The van der Waals surface area contributed by atoms with Crippen LogP contribution in [0.1, 0.15) is 39.8 Å². The molecule has 3 amide bonds. The number of allylic oxidation sites excluding steroid dienone is 1. The highest BCUT2D eigenvalue weighted by atomic mass is 32.2. The van der Waals surface area contributed by atoms with Gasteiger partial charge < -0.3 is 31.0 Å². The van der Waals surface area contributed by atoms with Crippen molar-refractivity contribution in [1.82, 2.24) is 15.2 Å². The topological polar surface area (TPSA) is 193 Å². The molecule has 3 heterocycles. The van der Waals surface area contributed by atoms with Gasteiger partial charge in [0, 0.05) is 16.7 Å². The quantitative estimate of drug-likeness (QED) is 0.169. The number of anilines is 1. The van der Waals surface area contributed by atoms with Crippen LogP contribution in [-0.2, 0) is 33.4 Å². The minimum absolute atomic E-state index is 0.158. The van der Waals surface area contributed by atoms with Gasteiger partial charge in [-0.15, -0.1) is 23.1 Å². The molecule has 1 aromatic heterocycles. The largest absolute Gasteiger partial charge is 0.445 e. The number of nitrogens with one attached hydrogen (secondary N) is 1. The van der Waals surface area contributed by atoms with Gasteiger partial charge in [-0.2, -0.15) is 0 Å². The molecular weight excluding hydrogens is 538 g/mol. The average Bonchev–Trinajstić information content (AvgIpc) is 3.28. The highest BCUT2D eigenvalue weighted by Gasteiger charge is 2.54. The van der Waals surface area contributed by atoms with E-state index in [-0.39, 0.29) is 29.2 Å². The fourth-order valence-corrected chi connectivity index (χ4v) is 5.40. The van der Waals surface area contributed by atoms with Crippen molar-refractivity contribution in [2.24, 2.45) is 11.1 Å². The fourth-order valence-electron chi connectivity index (χ4n) is 3.51. The van der Waals surface area contributed by atoms with E-state index in [0.29, 0.717) is 17.2 Å². The Bertz CT molecular complexity index is 1200. The second kappa shape index (κ2) is 11.9. The molecule has 0 aliphatic carbocycles. The van der Waals surface area contributed by atoms with E-state index in [1.54, 1.807) is 32.2 Å². The molecule has 0 radical (unpaired) electrons. The van der Waals surface area contributed by atoms with Crippen LogP contribution >= 0.6 is 23.1 Å². The van der Waals surface area contributed by atoms with Gasteiger partial charge in [-0.05, 0) is 27.2 Å². The summed E-state index contributed by atoms with van der Waals surface area (Å²) in [6, 6.07) is -0.941. The number of rotatable bonds is 9. The molecule has 206 valence electrons. The van der Waals surface area contributed by atoms with Crippen molar-refractivity contribution in [1.29, 1.82) is 0 Å². The Hall–Kier alpha value is -3.59. The highest BCUT2D eigenvalue weighted by Crippen LogP contribution is 2.41. The van der Waals surface area contributed by atoms with Crippen LogP contribution in [0.5, 0.6) is 0 Å². The van der Waals surface area contributed by atoms with Gasteiger partial charge in [0.15, 0.2) is 5.13 Å². The summed E-state index contributed by atoms with van der Waals surface area (Å²) in [5.74, 6) is -2.45. The summed E-state index contributed by atoms with van der Waals surface area (Å²) in [7, 11) is 0. The number of nitrogens with zero attached hydrogens (tertiary/aromatic N) is 2. The number of hydrogen-bond acceptors (Lipinski definition) is 12. The first-order valence-electron chi connectivity index (χ1n) is 11.5. The average molecular weight is 568 g/mol. The number of nitrogens with two attached hydrogens (primary N) is 2.